The average Bonchev–Trinajstić information content (AvgIpc) is 2.41. The van der Waals surface area contributed by atoms with Gasteiger partial charge in [-0.2, -0.15) is 0 Å². The second-order valence-electron chi connectivity index (χ2n) is 4.55. The smallest absolute Gasteiger partial charge is 0.337 e. The fourth-order valence-corrected chi connectivity index (χ4v) is 1.87. The number of carboxylic acid groups (broad SMARTS) is 1. The Hall–Kier alpha value is -2.76. The molecule has 6 heteroatoms. The predicted molar refractivity (Wildman–Crippen MR) is 75.0 cm³/mol. The van der Waals surface area contributed by atoms with Crippen molar-refractivity contribution < 1.29 is 19.1 Å². The minimum Gasteiger partial charge on any atom is -0.478 e. The largest absolute Gasteiger partial charge is 0.478 e. The Kier molecular flexibility index (Phi) is 3.98. The first-order valence-electron chi connectivity index (χ1n) is 6.17. The molecule has 0 bridgehead atoms. The van der Waals surface area contributed by atoms with Gasteiger partial charge in [-0.3, -0.25) is 4.79 Å². The lowest BCUT2D eigenvalue weighted by Gasteiger charge is -2.09. The Morgan fingerprint density at radius 2 is 1.90 bits per heavy atom. The fourth-order valence-electron chi connectivity index (χ4n) is 1.87. The van der Waals surface area contributed by atoms with Crippen LogP contribution in [0, 0.1) is 19.7 Å². The molecule has 1 aromatic heterocycles. The lowest BCUT2D eigenvalue weighted by molar-refractivity contribution is 0.0695. The normalized spacial score (nSPS) is 10.2. The number of nitrogens with zero attached hydrogens (tertiary/aromatic N) is 1. The molecule has 0 fully saturated rings. The number of rotatable bonds is 3. The van der Waals surface area contributed by atoms with E-state index in [4.69, 9.17) is 5.11 Å². The van der Waals surface area contributed by atoms with E-state index in [1.807, 2.05) is 0 Å². The van der Waals surface area contributed by atoms with Crippen LogP contribution in [0.25, 0.3) is 0 Å². The lowest BCUT2D eigenvalue weighted by Crippen LogP contribution is -2.16. The summed E-state index contributed by atoms with van der Waals surface area (Å²) in [5, 5.41) is 11.5. The fraction of sp³-hybridized carbons (Fsp3) is 0.133. The molecule has 2 N–H and O–H groups in total. The minimum atomic E-state index is -1.10. The van der Waals surface area contributed by atoms with Crippen molar-refractivity contribution in [2.45, 2.75) is 13.8 Å². The molecule has 0 aliphatic rings. The van der Waals surface area contributed by atoms with Crippen LogP contribution in [-0.2, 0) is 0 Å². The first-order valence-corrected chi connectivity index (χ1v) is 6.17. The van der Waals surface area contributed by atoms with Gasteiger partial charge in [0.1, 0.15) is 11.5 Å². The number of carbonyl (C=O) groups excluding carboxylic acids is 1. The zero-order chi connectivity index (χ0) is 15.6. The molecular weight excluding hydrogens is 275 g/mol. The Balaban J connectivity index is 2.24. The van der Waals surface area contributed by atoms with E-state index in [9.17, 15) is 14.0 Å². The number of aryl methyl sites for hydroxylation is 2. The lowest BCUT2D eigenvalue weighted by atomic mass is 10.1. The summed E-state index contributed by atoms with van der Waals surface area (Å²) in [6.45, 7) is 3.19. The van der Waals surface area contributed by atoms with Crippen molar-refractivity contribution in [3.05, 3.63) is 58.7 Å². The number of nitrogens with one attached hydrogen (secondary N) is 1. The highest BCUT2D eigenvalue weighted by atomic mass is 19.1. The third-order valence-electron chi connectivity index (χ3n) is 2.99. The summed E-state index contributed by atoms with van der Waals surface area (Å²) in [5.74, 6) is -1.96. The first kappa shape index (κ1) is 14.6. The summed E-state index contributed by atoms with van der Waals surface area (Å²) in [4.78, 5) is 26.9. The summed E-state index contributed by atoms with van der Waals surface area (Å²) < 4.78 is 13.0. The average molecular weight is 288 g/mol. The number of carbonyl (C=O) groups is 2. The summed E-state index contributed by atoms with van der Waals surface area (Å²) in [6.07, 6.45) is 0. The highest BCUT2D eigenvalue weighted by Crippen LogP contribution is 2.17. The van der Waals surface area contributed by atoms with E-state index in [-0.39, 0.29) is 22.8 Å². The maximum absolute atomic E-state index is 13.0. The molecule has 0 saturated heterocycles. The molecule has 0 aliphatic heterocycles. The molecule has 0 saturated carbocycles. The molecule has 1 aromatic carbocycles. The van der Waals surface area contributed by atoms with Crippen molar-refractivity contribution >= 4 is 17.6 Å². The van der Waals surface area contributed by atoms with Crippen molar-refractivity contribution in [3.8, 4) is 0 Å². The van der Waals surface area contributed by atoms with Gasteiger partial charge in [0.25, 0.3) is 5.91 Å². The molecule has 0 spiro atoms. The number of carboxylic acids is 1. The third-order valence-corrected chi connectivity index (χ3v) is 2.99. The molecule has 2 rings (SSSR count). The molecule has 2 aromatic rings. The topological polar surface area (TPSA) is 79.3 Å². The maximum Gasteiger partial charge on any atom is 0.337 e. The number of halogens is 1. The van der Waals surface area contributed by atoms with Gasteiger partial charge in [0.15, 0.2) is 0 Å². The van der Waals surface area contributed by atoms with Gasteiger partial charge < -0.3 is 10.4 Å². The van der Waals surface area contributed by atoms with Crippen LogP contribution in [-0.4, -0.2) is 22.0 Å². The Morgan fingerprint density at radius 3 is 2.48 bits per heavy atom. The number of aromatic nitrogens is 1. The zero-order valence-corrected chi connectivity index (χ0v) is 11.5. The SMILES string of the molecule is Cc1cc(F)ccc1NC(=O)c1ccc(C(=O)O)c(C)n1. The Bertz CT molecular complexity index is 729. The highest BCUT2D eigenvalue weighted by Gasteiger charge is 2.14. The number of hydrogen-bond donors (Lipinski definition) is 2. The van der Waals surface area contributed by atoms with Crippen LogP contribution in [0.4, 0.5) is 10.1 Å². The predicted octanol–water partition coefficient (Wildman–Crippen LogP) is 2.79. The molecular formula is C15H13FN2O3. The van der Waals surface area contributed by atoms with Gasteiger partial charge >= 0.3 is 5.97 Å². The van der Waals surface area contributed by atoms with Gasteiger partial charge in [-0.25, -0.2) is 14.2 Å². The molecule has 21 heavy (non-hydrogen) atoms. The van der Waals surface area contributed by atoms with Gasteiger partial charge in [0.05, 0.1) is 11.3 Å². The molecule has 0 aliphatic carbocycles. The summed E-state index contributed by atoms with van der Waals surface area (Å²) in [7, 11) is 0. The van der Waals surface area contributed by atoms with Crippen LogP contribution in [0.2, 0.25) is 0 Å². The van der Waals surface area contributed by atoms with Gasteiger partial charge in [0, 0.05) is 5.69 Å². The van der Waals surface area contributed by atoms with E-state index in [0.717, 1.165) is 0 Å². The first-order chi connectivity index (χ1) is 9.88. The quantitative estimate of drug-likeness (QED) is 0.910. The van der Waals surface area contributed by atoms with E-state index < -0.39 is 11.9 Å². The summed E-state index contributed by atoms with van der Waals surface area (Å²) in [6, 6.07) is 6.68. The van der Waals surface area contributed by atoms with E-state index in [1.165, 1.54) is 37.3 Å². The Labute approximate surface area is 120 Å². The van der Waals surface area contributed by atoms with Crippen molar-refractivity contribution in [3.63, 3.8) is 0 Å². The number of benzene rings is 1. The van der Waals surface area contributed by atoms with E-state index in [2.05, 4.69) is 10.3 Å². The second kappa shape index (κ2) is 5.70. The summed E-state index contributed by atoms with van der Waals surface area (Å²) >= 11 is 0. The second-order valence-corrected chi connectivity index (χ2v) is 4.55. The number of amides is 1. The number of anilines is 1. The van der Waals surface area contributed by atoms with Gasteiger partial charge in [-0.05, 0) is 49.7 Å². The molecule has 0 atom stereocenters. The van der Waals surface area contributed by atoms with Crippen molar-refractivity contribution in [1.82, 2.24) is 4.98 Å². The number of pyridine rings is 1. The van der Waals surface area contributed by atoms with Gasteiger partial charge in [-0.15, -0.1) is 0 Å². The van der Waals surface area contributed by atoms with Crippen molar-refractivity contribution in [2.24, 2.45) is 0 Å². The minimum absolute atomic E-state index is 0.0458. The monoisotopic (exact) mass is 288 g/mol. The van der Waals surface area contributed by atoms with Crippen LogP contribution in [0.3, 0.4) is 0 Å². The maximum atomic E-state index is 13.0. The molecule has 108 valence electrons. The van der Waals surface area contributed by atoms with Gasteiger partial charge in [0.2, 0.25) is 0 Å². The molecule has 5 nitrogen and oxygen atoms in total. The standard InChI is InChI=1S/C15H13FN2O3/c1-8-7-10(16)3-5-12(8)18-14(19)13-6-4-11(15(20)21)9(2)17-13/h3-7H,1-2H3,(H,18,19)(H,20,21). The van der Waals surface area contributed by atoms with Crippen LogP contribution in [0.15, 0.2) is 30.3 Å². The van der Waals surface area contributed by atoms with Crippen LogP contribution >= 0.6 is 0 Å². The zero-order valence-electron chi connectivity index (χ0n) is 11.5. The van der Waals surface area contributed by atoms with E-state index >= 15 is 0 Å². The van der Waals surface area contributed by atoms with Crippen LogP contribution in [0.1, 0.15) is 32.1 Å². The molecule has 0 radical (unpaired) electrons. The molecule has 1 amide bonds. The highest BCUT2D eigenvalue weighted by molar-refractivity contribution is 6.03. The van der Waals surface area contributed by atoms with Crippen molar-refractivity contribution in [2.75, 3.05) is 5.32 Å². The third kappa shape index (κ3) is 3.22. The van der Waals surface area contributed by atoms with E-state index in [1.54, 1.807) is 6.92 Å². The number of hydrogen-bond acceptors (Lipinski definition) is 3. The molecule has 0 unspecified atom stereocenters. The Morgan fingerprint density at radius 1 is 1.19 bits per heavy atom. The van der Waals surface area contributed by atoms with Gasteiger partial charge in [-0.1, -0.05) is 0 Å². The molecule has 1 heterocycles. The van der Waals surface area contributed by atoms with E-state index in [0.29, 0.717) is 11.3 Å². The van der Waals surface area contributed by atoms with Crippen molar-refractivity contribution in [1.29, 1.82) is 0 Å². The number of aromatic carboxylic acids is 1. The van der Waals surface area contributed by atoms with Crippen LogP contribution in [0.5, 0.6) is 0 Å². The van der Waals surface area contributed by atoms with Crippen LogP contribution < -0.4 is 5.32 Å². The summed E-state index contributed by atoms with van der Waals surface area (Å²) in [5.41, 5.74) is 1.46.